The van der Waals surface area contributed by atoms with Crippen LogP contribution in [-0.4, -0.2) is 33.5 Å². The van der Waals surface area contributed by atoms with Gasteiger partial charge in [0.2, 0.25) is 0 Å². The fraction of sp³-hybridized carbons (Fsp3) is 0.222. The molecular formula is C18H16N4O2S. The summed E-state index contributed by atoms with van der Waals surface area (Å²) in [5, 5.41) is 5.75. The zero-order chi connectivity index (χ0) is 17.1. The highest BCUT2D eigenvalue weighted by atomic mass is 32.1. The Labute approximate surface area is 148 Å². The Morgan fingerprint density at radius 3 is 3.08 bits per heavy atom. The number of hydrogen-bond donors (Lipinski definition) is 1. The second kappa shape index (κ2) is 6.98. The average Bonchev–Trinajstić information content (AvgIpc) is 3.29. The van der Waals surface area contributed by atoms with Crippen molar-refractivity contribution in [3.05, 3.63) is 59.5 Å². The van der Waals surface area contributed by atoms with Crippen LogP contribution in [0, 0.1) is 0 Å². The van der Waals surface area contributed by atoms with Gasteiger partial charge in [0.25, 0.3) is 5.91 Å². The summed E-state index contributed by atoms with van der Waals surface area (Å²) in [6.45, 7) is 0.526. The Bertz CT molecular complexity index is 857. The zero-order valence-electron chi connectivity index (χ0n) is 13.4. The fourth-order valence-electron chi connectivity index (χ4n) is 2.70. The molecule has 1 atom stereocenters. The predicted molar refractivity (Wildman–Crippen MR) is 94.4 cm³/mol. The van der Waals surface area contributed by atoms with E-state index in [1.807, 2.05) is 29.6 Å². The molecule has 7 heteroatoms. The molecule has 25 heavy (non-hydrogen) atoms. The molecule has 1 aliphatic rings. The molecule has 1 aromatic carbocycles. The Morgan fingerprint density at radius 1 is 1.32 bits per heavy atom. The van der Waals surface area contributed by atoms with Gasteiger partial charge in [0, 0.05) is 37.2 Å². The van der Waals surface area contributed by atoms with Gasteiger partial charge in [-0.15, -0.1) is 11.3 Å². The summed E-state index contributed by atoms with van der Waals surface area (Å²) >= 11 is 1.53. The first-order chi connectivity index (χ1) is 12.3. The molecule has 2 aromatic heterocycles. The summed E-state index contributed by atoms with van der Waals surface area (Å²) in [4.78, 5) is 25.1. The van der Waals surface area contributed by atoms with E-state index in [-0.39, 0.29) is 5.91 Å². The van der Waals surface area contributed by atoms with Gasteiger partial charge in [-0.3, -0.25) is 14.8 Å². The van der Waals surface area contributed by atoms with E-state index in [1.54, 1.807) is 18.6 Å². The lowest BCUT2D eigenvalue weighted by atomic mass is 10.1. The van der Waals surface area contributed by atoms with Gasteiger partial charge in [-0.25, -0.2) is 4.98 Å². The van der Waals surface area contributed by atoms with Crippen LogP contribution < -0.4 is 10.1 Å². The van der Waals surface area contributed by atoms with Gasteiger partial charge in [-0.1, -0.05) is 18.2 Å². The minimum Gasteiger partial charge on any atom is -0.480 e. The average molecular weight is 352 g/mol. The third kappa shape index (κ3) is 3.51. The normalized spacial score (nSPS) is 15.4. The van der Waals surface area contributed by atoms with E-state index in [2.05, 4.69) is 20.3 Å². The third-order valence-electron chi connectivity index (χ3n) is 3.95. The second-order valence-electron chi connectivity index (χ2n) is 5.69. The first-order valence-electron chi connectivity index (χ1n) is 8.02. The van der Waals surface area contributed by atoms with Gasteiger partial charge in [0.15, 0.2) is 6.10 Å². The number of benzene rings is 1. The van der Waals surface area contributed by atoms with E-state index in [1.165, 1.54) is 11.3 Å². The minimum atomic E-state index is -0.442. The Kier molecular flexibility index (Phi) is 4.39. The quantitative estimate of drug-likeness (QED) is 0.762. The van der Waals surface area contributed by atoms with E-state index in [4.69, 9.17) is 4.74 Å². The summed E-state index contributed by atoms with van der Waals surface area (Å²) in [5.41, 5.74) is 2.78. The first kappa shape index (κ1) is 15.7. The van der Waals surface area contributed by atoms with Gasteiger partial charge >= 0.3 is 0 Å². The molecule has 1 N–H and O–H groups in total. The smallest absolute Gasteiger partial charge is 0.261 e. The molecule has 1 aliphatic heterocycles. The van der Waals surface area contributed by atoms with E-state index in [0.717, 1.165) is 27.7 Å². The van der Waals surface area contributed by atoms with Gasteiger partial charge < -0.3 is 10.1 Å². The molecule has 0 spiro atoms. The highest BCUT2D eigenvalue weighted by Crippen LogP contribution is 2.28. The number of aromatic nitrogens is 3. The Balaban J connectivity index is 1.29. The van der Waals surface area contributed by atoms with Crippen LogP contribution in [0.1, 0.15) is 11.3 Å². The van der Waals surface area contributed by atoms with Crippen molar-refractivity contribution in [2.75, 3.05) is 6.54 Å². The first-order valence-corrected chi connectivity index (χ1v) is 8.90. The van der Waals surface area contributed by atoms with Crippen molar-refractivity contribution >= 4 is 17.2 Å². The number of rotatable bonds is 5. The number of nitrogens with zero attached hydrogens (tertiary/aromatic N) is 3. The van der Waals surface area contributed by atoms with Crippen molar-refractivity contribution in [3.8, 4) is 16.5 Å². The number of thiazole rings is 1. The molecule has 4 rings (SSSR count). The maximum Gasteiger partial charge on any atom is 0.261 e. The summed E-state index contributed by atoms with van der Waals surface area (Å²) in [6, 6.07) is 7.76. The molecule has 0 saturated carbocycles. The SMILES string of the molecule is O=C(NCCc1csc(-c2cnccn2)n1)[C@H]1Cc2ccccc2O1. The molecule has 0 bridgehead atoms. The monoisotopic (exact) mass is 352 g/mol. The molecule has 0 aliphatic carbocycles. The lowest BCUT2D eigenvalue weighted by molar-refractivity contribution is -0.127. The minimum absolute atomic E-state index is 0.0828. The van der Waals surface area contributed by atoms with Crippen molar-refractivity contribution in [2.24, 2.45) is 0 Å². The second-order valence-corrected chi connectivity index (χ2v) is 6.55. The van der Waals surface area contributed by atoms with Crippen LogP contribution in [0.2, 0.25) is 0 Å². The van der Waals surface area contributed by atoms with Crippen LogP contribution in [0.15, 0.2) is 48.2 Å². The summed E-state index contributed by atoms with van der Waals surface area (Å²) < 4.78 is 5.69. The van der Waals surface area contributed by atoms with Crippen molar-refractivity contribution in [1.29, 1.82) is 0 Å². The predicted octanol–water partition coefficient (Wildman–Crippen LogP) is 2.26. The molecule has 0 saturated heterocycles. The van der Waals surface area contributed by atoms with Crippen molar-refractivity contribution < 1.29 is 9.53 Å². The number of para-hydroxylation sites is 1. The molecule has 1 amide bonds. The maximum atomic E-state index is 12.3. The standard InChI is InChI=1S/C18H16N4O2S/c23-17(16-9-12-3-1-2-4-15(12)24-16)21-6-5-13-11-25-18(22-13)14-10-19-7-8-20-14/h1-4,7-8,10-11,16H,5-6,9H2,(H,21,23)/t16-/m1/s1. The number of carbonyl (C=O) groups is 1. The van der Waals surface area contributed by atoms with E-state index >= 15 is 0 Å². The maximum absolute atomic E-state index is 12.3. The van der Waals surface area contributed by atoms with Gasteiger partial charge in [0.1, 0.15) is 16.5 Å². The summed E-state index contributed by atoms with van der Waals surface area (Å²) in [5.74, 6) is 0.719. The van der Waals surface area contributed by atoms with E-state index in [9.17, 15) is 4.79 Å². The molecule has 126 valence electrons. The third-order valence-corrected chi connectivity index (χ3v) is 4.87. The number of hydrogen-bond acceptors (Lipinski definition) is 6. The van der Waals surface area contributed by atoms with Crippen LogP contribution in [0.3, 0.4) is 0 Å². The zero-order valence-corrected chi connectivity index (χ0v) is 14.2. The highest BCUT2D eigenvalue weighted by molar-refractivity contribution is 7.13. The van der Waals surface area contributed by atoms with Crippen molar-refractivity contribution in [2.45, 2.75) is 18.9 Å². The van der Waals surface area contributed by atoms with E-state index in [0.29, 0.717) is 19.4 Å². The number of amides is 1. The lowest BCUT2D eigenvalue weighted by Gasteiger charge is -2.10. The largest absolute Gasteiger partial charge is 0.480 e. The van der Waals surface area contributed by atoms with Crippen molar-refractivity contribution in [3.63, 3.8) is 0 Å². The molecule has 0 unspecified atom stereocenters. The van der Waals surface area contributed by atoms with Crippen LogP contribution in [0.25, 0.3) is 10.7 Å². The van der Waals surface area contributed by atoms with Crippen LogP contribution in [0.4, 0.5) is 0 Å². The highest BCUT2D eigenvalue weighted by Gasteiger charge is 2.28. The van der Waals surface area contributed by atoms with Gasteiger partial charge in [-0.05, 0) is 11.6 Å². The number of fused-ring (bicyclic) bond motifs is 1. The van der Waals surface area contributed by atoms with Crippen molar-refractivity contribution in [1.82, 2.24) is 20.3 Å². The van der Waals surface area contributed by atoms with Crippen LogP contribution in [0.5, 0.6) is 5.75 Å². The van der Waals surface area contributed by atoms with Gasteiger partial charge in [-0.2, -0.15) is 0 Å². The molecule has 6 nitrogen and oxygen atoms in total. The van der Waals surface area contributed by atoms with E-state index < -0.39 is 6.10 Å². The molecule has 3 aromatic rings. The topological polar surface area (TPSA) is 77.0 Å². The lowest BCUT2D eigenvalue weighted by Crippen LogP contribution is -2.38. The Hall–Kier alpha value is -2.80. The van der Waals surface area contributed by atoms with Crippen LogP contribution >= 0.6 is 11.3 Å². The Morgan fingerprint density at radius 2 is 2.24 bits per heavy atom. The number of ether oxygens (including phenoxy) is 1. The summed E-state index contributed by atoms with van der Waals surface area (Å²) in [7, 11) is 0. The van der Waals surface area contributed by atoms with Crippen LogP contribution in [-0.2, 0) is 17.6 Å². The molecule has 0 fully saturated rings. The number of nitrogens with one attached hydrogen (secondary N) is 1. The van der Waals surface area contributed by atoms with Gasteiger partial charge in [0.05, 0.1) is 11.9 Å². The molecule has 3 heterocycles. The summed E-state index contributed by atoms with van der Waals surface area (Å²) in [6.07, 6.45) is 5.83. The molecular weight excluding hydrogens is 336 g/mol. The molecule has 0 radical (unpaired) electrons. The fourth-order valence-corrected chi connectivity index (χ4v) is 3.52. The number of carbonyl (C=O) groups excluding carboxylic acids is 1.